The first-order chi connectivity index (χ1) is 13.8. The van der Waals surface area contributed by atoms with E-state index in [2.05, 4.69) is 27.8 Å². The van der Waals surface area contributed by atoms with Crippen LogP contribution in [-0.2, 0) is 19.1 Å². The van der Waals surface area contributed by atoms with Crippen molar-refractivity contribution in [3.8, 4) is 5.75 Å². The molecule has 0 fully saturated rings. The predicted octanol–water partition coefficient (Wildman–Crippen LogP) is 4.37. The molecule has 0 aromatic heterocycles. The molecule has 0 amide bonds. The van der Waals surface area contributed by atoms with Crippen LogP contribution in [0.2, 0.25) is 0 Å². The second-order valence-corrected chi connectivity index (χ2v) is 7.27. The normalized spacial score (nSPS) is 14.4. The van der Waals surface area contributed by atoms with Crippen LogP contribution in [-0.4, -0.2) is 31.8 Å². The van der Waals surface area contributed by atoms with Crippen molar-refractivity contribution in [1.82, 2.24) is 5.32 Å². The molecule has 0 saturated carbocycles. The number of nitrogens with one attached hydrogen (secondary N) is 1. The van der Waals surface area contributed by atoms with E-state index in [0.717, 1.165) is 4.47 Å². The predicted molar refractivity (Wildman–Crippen MR) is 114 cm³/mol. The quantitative estimate of drug-likeness (QED) is 0.455. The lowest BCUT2D eigenvalue weighted by molar-refractivity contribution is -0.139. The van der Waals surface area contributed by atoms with E-state index in [0.29, 0.717) is 33.9 Å². The van der Waals surface area contributed by atoms with Crippen LogP contribution < -0.4 is 10.1 Å². The van der Waals surface area contributed by atoms with Crippen molar-refractivity contribution in [1.29, 1.82) is 0 Å². The van der Waals surface area contributed by atoms with E-state index in [-0.39, 0.29) is 19.8 Å². The fourth-order valence-corrected chi connectivity index (χ4v) is 3.67. The molecule has 1 aromatic carbocycles. The van der Waals surface area contributed by atoms with Gasteiger partial charge in [0.15, 0.2) is 0 Å². The Balaban J connectivity index is 2.74. The van der Waals surface area contributed by atoms with E-state index in [9.17, 15) is 9.59 Å². The van der Waals surface area contributed by atoms with Crippen molar-refractivity contribution < 1.29 is 23.8 Å². The molecule has 1 heterocycles. The third kappa shape index (κ3) is 5.09. The molecule has 1 aliphatic heterocycles. The summed E-state index contributed by atoms with van der Waals surface area (Å²) in [5.74, 6) is -1.14. The van der Waals surface area contributed by atoms with Gasteiger partial charge >= 0.3 is 11.9 Å². The first kappa shape index (κ1) is 22.7. The summed E-state index contributed by atoms with van der Waals surface area (Å²) >= 11 is 3.48. The standard InChI is InChI=1S/C22H26BrNO5/c1-6-11-29-17-10-9-15(23)12-16(17)20-18(21(25)27-7-2)13(4)24-14(5)19(20)22(26)28-8-3/h6,9-10,12,20,24H,1,7-8,11H2,2-5H3. The second kappa shape index (κ2) is 10.3. The molecule has 1 aliphatic rings. The molecule has 6 nitrogen and oxygen atoms in total. The van der Waals surface area contributed by atoms with Gasteiger partial charge in [-0.05, 0) is 45.9 Å². The van der Waals surface area contributed by atoms with E-state index in [1.165, 1.54) is 0 Å². The first-order valence-electron chi connectivity index (χ1n) is 9.41. The van der Waals surface area contributed by atoms with Gasteiger partial charge in [0.1, 0.15) is 12.4 Å². The third-order valence-electron chi connectivity index (χ3n) is 4.39. The number of hydrogen-bond donors (Lipinski definition) is 1. The van der Waals surface area contributed by atoms with Gasteiger partial charge in [-0.25, -0.2) is 9.59 Å². The van der Waals surface area contributed by atoms with E-state index < -0.39 is 17.9 Å². The third-order valence-corrected chi connectivity index (χ3v) is 4.88. The van der Waals surface area contributed by atoms with Gasteiger partial charge in [-0.15, -0.1) is 0 Å². The summed E-state index contributed by atoms with van der Waals surface area (Å²) in [5.41, 5.74) is 2.60. The number of esters is 2. The molecule has 0 bridgehead atoms. The van der Waals surface area contributed by atoms with Gasteiger partial charge in [0.2, 0.25) is 0 Å². The smallest absolute Gasteiger partial charge is 0.336 e. The Hall–Kier alpha value is -2.54. The fourth-order valence-electron chi connectivity index (χ4n) is 3.29. The number of allylic oxidation sites excluding steroid dienone is 2. The number of carbonyl (C=O) groups excluding carboxylic acids is 2. The Morgan fingerprint density at radius 3 is 2.14 bits per heavy atom. The second-order valence-electron chi connectivity index (χ2n) is 6.36. The van der Waals surface area contributed by atoms with Crippen molar-refractivity contribution in [2.75, 3.05) is 19.8 Å². The van der Waals surface area contributed by atoms with Crippen molar-refractivity contribution in [2.24, 2.45) is 0 Å². The van der Waals surface area contributed by atoms with Crippen LogP contribution in [0, 0.1) is 0 Å². The summed E-state index contributed by atoms with van der Waals surface area (Å²) in [7, 11) is 0. The Labute approximate surface area is 179 Å². The van der Waals surface area contributed by atoms with Crippen LogP contribution >= 0.6 is 15.9 Å². The SMILES string of the molecule is C=CCOc1ccc(Br)cc1C1C(C(=O)OCC)=C(C)NC(C)=C1C(=O)OCC. The Morgan fingerprint density at radius 1 is 1.10 bits per heavy atom. The Kier molecular flexibility index (Phi) is 8.08. The maximum absolute atomic E-state index is 12.9. The van der Waals surface area contributed by atoms with Crippen molar-refractivity contribution in [3.63, 3.8) is 0 Å². The minimum Gasteiger partial charge on any atom is -0.489 e. The summed E-state index contributed by atoms with van der Waals surface area (Å²) in [5, 5.41) is 3.12. The molecule has 1 aromatic rings. The molecule has 0 radical (unpaired) electrons. The maximum atomic E-state index is 12.9. The van der Waals surface area contributed by atoms with Gasteiger partial charge in [0.25, 0.3) is 0 Å². The average Bonchev–Trinajstić information content (AvgIpc) is 2.66. The molecule has 0 spiro atoms. The molecule has 0 aliphatic carbocycles. The molecule has 1 N–H and O–H groups in total. The molecule has 29 heavy (non-hydrogen) atoms. The number of carbonyl (C=O) groups is 2. The maximum Gasteiger partial charge on any atom is 0.336 e. The zero-order valence-electron chi connectivity index (χ0n) is 17.1. The minimum absolute atomic E-state index is 0.220. The van der Waals surface area contributed by atoms with E-state index in [1.807, 2.05) is 12.1 Å². The zero-order chi connectivity index (χ0) is 21.6. The van der Waals surface area contributed by atoms with Gasteiger partial charge in [-0.2, -0.15) is 0 Å². The summed E-state index contributed by atoms with van der Waals surface area (Å²) in [4.78, 5) is 25.7. The Bertz CT molecular complexity index is 832. The zero-order valence-corrected chi connectivity index (χ0v) is 18.7. The van der Waals surface area contributed by atoms with Crippen molar-refractivity contribution in [3.05, 3.63) is 63.4 Å². The van der Waals surface area contributed by atoms with Crippen LogP contribution in [0.25, 0.3) is 0 Å². The molecule has 0 atom stereocenters. The monoisotopic (exact) mass is 463 g/mol. The summed E-state index contributed by atoms with van der Waals surface area (Å²) in [6.07, 6.45) is 1.63. The van der Waals surface area contributed by atoms with Gasteiger partial charge in [-0.3, -0.25) is 0 Å². The van der Waals surface area contributed by atoms with Crippen LogP contribution in [0.5, 0.6) is 5.75 Å². The molecule has 156 valence electrons. The van der Waals surface area contributed by atoms with Crippen LogP contribution in [0.15, 0.2) is 57.9 Å². The van der Waals surface area contributed by atoms with Crippen molar-refractivity contribution >= 4 is 27.9 Å². The lowest BCUT2D eigenvalue weighted by Crippen LogP contribution is -2.32. The van der Waals surface area contributed by atoms with Crippen molar-refractivity contribution in [2.45, 2.75) is 33.6 Å². The summed E-state index contributed by atoms with van der Waals surface area (Å²) in [6, 6.07) is 5.47. The van der Waals surface area contributed by atoms with Crippen LogP contribution in [0.4, 0.5) is 0 Å². The molecule has 0 saturated heterocycles. The highest BCUT2D eigenvalue weighted by Gasteiger charge is 2.39. The minimum atomic E-state index is -0.702. The van der Waals surface area contributed by atoms with Gasteiger partial charge < -0.3 is 19.5 Å². The van der Waals surface area contributed by atoms with Crippen LogP contribution in [0.1, 0.15) is 39.2 Å². The molecule has 0 unspecified atom stereocenters. The lowest BCUT2D eigenvalue weighted by atomic mass is 9.80. The molecule has 7 heteroatoms. The van der Waals surface area contributed by atoms with Gasteiger partial charge in [-0.1, -0.05) is 28.6 Å². The van der Waals surface area contributed by atoms with Crippen LogP contribution in [0.3, 0.4) is 0 Å². The first-order valence-corrected chi connectivity index (χ1v) is 10.2. The number of hydrogen-bond acceptors (Lipinski definition) is 6. The fraction of sp³-hybridized carbons (Fsp3) is 0.364. The highest BCUT2D eigenvalue weighted by atomic mass is 79.9. The van der Waals surface area contributed by atoms with E-state index in [4.69, 9.17) is 14.2 Å². The lowest BCUT2D eigenvalue weighted by Gasteiger charge is -2.31. The Morgan fingerprint density at radius 2 is 1.66 bits per heavy atom. The van der Waals surface area contributed by atoms with E-state index in [1.54, 1.807) is 39.8 Å². The summed E-state index contributed by atoms with van der Waals surface area (Å²) < 4.78 is 17.2. The topological polar surface area (TPSA) is 73.9 Å². The highest BCUT2D eigenvalue weighted by molar-refractivity contribution is 9.10. The molecule has 2 rings (SSSR count). The summed E-state index contributed by atoms with van der Waals surface area (Å²) in [6.45, 7) is 11.5. The largest absolute Gasteiger partial charge is 0.489 e. The average molecular weight is 464 g/mol. The number of benzene rings is 1. The number of rotatable bonds is 8. The number of dihydropyridines is 1. The molecular formula is C22H26BrNO5. The number of ether oxygens (including phenoxy) is 3. The molecular weight excluding hydrogens is 438 g/mol. The van der Waals surface area contributed by atoms with Gasteiger partial charge in [0.05, 0.1) is 30.3 Å². The van der Waals surface area contributed by atoms with Gasteiger partial charge in [0, 0.05) is 21.4 Å². The van der Waals surface area contributed by atoms with E-state index >= 15 is 0 Å². The highest BCUT2D eigenvalue weighted by Crippen LogP contribution is 2.43. The number of halogens is 1.